The second kappa shape index (κ2) is 11.5. The number of rotatable bonds is 7. The molecule has 4 aromatic rings. The molecular weight excluding hydrogens is 504 g/mol. The molecule has 0 aliphatic carbocycles. The van der Waals surface area contributed by atoms with Crippen molar-refractivity contribution in [3.05, 3.63) is 84.2 Å². The minimum Gasteiger partial charge on any atom is -0.495 e. The van der Waals surface area contributed by atoms with Crippen molar-refractivity contribution in [3.63, 3.8) is 0 Å². The van der Waals surface area contributed by atoms with Crippen molar-refractivity contribution in [1.82, 2.24) is 9.88 Å². The SMILES string of the molecule is COc1ccc(C(C)(C)C)cc1NC(=O)Nc1ccc(Oc2ccnc(CN3CC[C@H](O)C3)c2)c2ccccc12. The molecule has 0 saturated carbocycles. The summed E-state index contributed by atoms with van der Waals surface area (Å²) in [4.78, 5) is 19.8. The summed E-state index contributed by atoms with van der Waals surface area (Å²) in [7, 11) is 1.59. The molecule has 208 valence electrons. The highest BCUT2D eigenvalue weighted by Gasteiger charge is 2.21. The van der Waals surface area contributed by atoms with Gasteiger partial charge in [0.05, 0.1) is 30.3 Å². The van der Waals surface area contributed by atoms with Crippen molar-refractivity contribution in [3.8, 4) is 17.2 Å². The topological polar surface area (TPSA) is 96.0 Å². The van der Waals surface area contributed by atoms with Gasteiger partial charge in [-0.1, -0.05) is 51.1 Å². The number of carbonyl (C=O) groups excluding carboxylic acids is 1. The van der Waals surface area contributed by atoms with E-state index in [9.17, 15) is 9.90 Å². The second-order valence-electron chi connectivity index (χ2n) is 11.2. The Morgan fingerprint density at radius 1 is 1.00 bits per heavy atom. The quantitative estimate of drug-likeness (QED) is 0.246. The molecule has 0 unspecified atom stereocenters. The molecule has 0 spiro atoms. The van der Waals surface area contributed by atoms with Gasteiger partial charge in [-0.3, -0.25) is 9.88 Å². The third kappa shape index (κ3) is 6.35. The van der Waals surface area contributed by atoms with E-state index in [4.69, 9.17) is 9.47 Å². The van der Waals surface area contributed by atoms with Gasteiger partial charge in [0.2, 0.25) is 0 Å². The molecule has 1 aliphatic heterocycles. The third-order valence-corrected chi connectivity index (χ3v) is 7.09. The van der Waals surface area contributed by atoms with Crippen molar-refractivity contribution in [2.75, 3.05) is 30.8 Å². The Labute approximate surface area is 234 Å². The first-order valence-corrected chi connectivity index (χ1v) is 13.5. The lowest BCUT2D eigenvalue weighted by molar-refractivity contribution is 0.174. The fraction of sp³-hybridized carbons (Fsp3) is 0.312. The lowest BCUT2D eigenvalue weighted by atomic mass is 9.87. The predicted molar refractivity (Wildman–Crippen MR) is 158 cm³/mol. The van der Waals surface area contributed by atoms with E-state index in [-0.39, 0.29) is 17.6 Å². The lowest BCUT2D eigenvalue weighted by Crippen LogP contribution is -2.22. The molecule has 0 bridgehead atoms. The molecular formula is C32H36N4O4. The minimum absolute atomic E-state index is 0.0720. The second-order valence-corrected chi connectivity index (χ2v) is 11.2. The van der Waals surface area contributed by atoms with Gasteiger partial charge in [0.15, 0.2) is 0 Å². The van der Waals surface area contributed by atoms with E-state index in [0.29, 0.717) is 41.7 Å². The number of nitrogens with zero attached hydrogens (tertiary/aromatic N) is 2. The van der Waals surface area contributed by atoms with E-state index >= 15 is 0 Å². The summed E-state index contributed by atoms with van der Waals surface area (Å²) in [6, 6.07) is 20.7. The number of methoxy groups -OCH3 is 1. The van der Waals surface area contributed by atoms with Gasteiger partial charge in [-0.2, -0.15) is 0 Å². The van der Waals surface area contributed by atoms with Crippen LogP contribution in [0.1, 0.15) is 38.4 Å². The number of urea groups is 1. The van der Waals surface area contributed by atoms with Gasteiger partial charge in [-0.15, -0.1) is 0 Å². The number of ether oxygens (including phenoxy) is 2. The number of fused-ring (bicyclic) bond motifs is 1. The molecule has 8 heteroatoms. The van der Waals surface area contributed by atoms with Crippen LogP contribution < -0.4 is 20.1 Å². The molecule has 3 N–H and O–H groups in total. The number of hydrogen-bond acceptors (Lipinski definition) is 6. The number of hydrogen-bond donors (Lipinski definition) is 3. The summed E-state index contributed by atoms with van der Waals surface area (Å²) in [5, 5.41) is 17.5. The molecule has 2 amide bonds. The van der Waals surface area contributed by atoms with E-state index in [1.54, 1.807) is 13.3 Å². The molecule has 0 radical (unpaired) electrons. The molecule has 1 aliphatic rings. The number of amides is 2. The van der Waals surface area contributed by atoms with E-state index < -0.39 is 0 Å². The monoisotopic (exact) mass is 540 g/mol. The largest absolute Gasteiger partial charge is 0.495 e. The predicted octanol–water partition coefficient (Wildman–Crippen LogP) is 6.54. The summed E-state index contributed by atoms with van der Waals surface area (Å²) < 4.78 is 11.8. The van der Waals surface area contributed by atoms with Crippen LogP contribution in [-0.2, 0) is 12.0 Å². The number of carbonyl (C=O) groups is 1. The molecule has 1 fully saturated rings. The van der Waals surface area contributed by atoms with E-state index in [2.05, 4.69) is 41.3 Å². The molecule has 2 heterocycles. The maximum Gasteiger partial charge on any atom is 0.323 e. The first-order valence-electron chi connectivity index (χ1n) is 13.5. The van der Waals surface area contributed by atoms with Crippen LogP contribution in [-0.4, -0.2) is 47.3 Å². The van der Waals surface area contributed by atoms with Crippen molar-refractivity contribution in [1.29, 1.82) is 0 Å². The lowest BCUT2D eigenvalue weighted by Gasteiger charge is -2.21. The average Bonchev–Trinajstić information content (AvgIpc) is 3.34. The highest BCUT2D eigenvalue weighted by atomic mass is 16.5. The molecule has 1 saturated heterocycles. The Hall–Kier alpha value is -4.14. The maximum absolute atomic E-state index is 13.1. The third-order valence-electron chi connectivity index (χ3n) is 7.09. The zero-order valence-electron chi connectivity index (χ0n) is 23.4. The van der Waals surface area contributed by atoms with Crippen LogP contribution in [0, 0.1) is 0 Å². The van der Waals surface area contributed by atoms with Crippen LogP contribution in [0.25, 0.3) is 10.8 Å². The van der Waals surface area contributed by atoms with Gasteiger partial charge in [0.1, 0.15) is 17.2 Å². The standard InChI is InChI=1S/C32H36N4O4/c1-32(2,3)21-9-11-30(39-4)28(17-21)35-31(38)34-27-10-12-29(26-8-6-5-7-25(26)27)40-24-13-15-33-22(18-24)19-36-16-14-23(37)20-36/h5-13,15,17-18,23,37H,14,16,19-20H2,1-4H3,(H2,34,35,38)/t23-/m0/s1. The zero-order chi connectivity index (χ0) is 28.3. The van der Waals surface area contributed by atoms with Crippen molar-refractivity contribution in [2.24, 2.45) is 0 Å². The summed E-state index contributed by atoms with van der Waals surface area (Å²) >= 11 is 0. The first kappa shape index (κ1) is 27.4. The minimum atomic E-state index is -0.367. The Bertz CT molecular complexity index is 1510. The number of pyridine rings is 1. The molecule has 40 heavy (non-hydrogen) atoms. The number of β-amino-alcohol motifs (C(OH)–C–C–N with tert-alkyl or cyclic N) is 1. The van der Waals surface area contributed by atoms with Crippen LogP contribution in [0.5, 0.6) is 17.2 Å². The van der Waals surface area contributed by atoms with Gasteiger partial charge in [0.25, 0.3) is 0 Å². The van der Waals surface area contributed by atoms with Crippen molar-refractivity contribution >= 4 is 28.2 Å². The summed E-state index contributed by atoms with van der Waals surface area (Å²) in [6.07, 6.45) is 2.26. The van der Waals surface area contributed by atoms with Gasteiger partial charge in [-0.05, 0) is 47.7 Å². The average molecular weight is 541 g/mol. The van der Waals surface area contributed by atoms with Gasteiger partial charge < -0.3 is 25.2 Å². The Kier molecular flexibility index (Phi) is 7.91. The fourth-order valence-corrected chi connectivity index (χ4v) is 4.94. The fourth-order valence-electron chi connectivity index (χ4n) is 4.94. The van der Waals surface area contributed by atoms with E-state index in [1.807, 2.05) is 66.7 Å². The Balaban J connectivity index is 1.34. The highest BCUT2D eigenvalue weighted by molar-refractivity contribution is 6.08. The summed E-state index contributed by atoms with van der Waals surface area (Å²) in [5.41, 5.74) is 3.17. The number of nitrogens with one attached hydrogen (secondary N) is 2. The molecule has 1 atom stereocenters. The summed E-state index contributed by atoms with van der Waals surface area (Å²) in [6.45, 7) is 8.56. The van der Waals surface area contributed by atoms with Gasteiger partial charge in [0, 0.05) is 42.7 Å². The molecule has 1 aromatic heterocycles. The van der Waals surface area contributed by atoms with Crippen LogP contribution >= 0.6 is 0 Å². The van der Waals surface area contributed by atoms with Gasteiger partial charge >= 0.3 is 6.03 Å². The van der Waals surface area contributed by atoms with Crippen molar-refractivity contribution in [2.45, 2.75) is 45.3 Å². The number of benzene rings is 3. The maximum atomic E-state index is 13.1. The highest BCUT2D eigenvalue weighted by Crippen LogP contribution is 2.35. The van der Waals surface area contributed by atoms with Crippen LogP contribution in [0.2, 0.25) is 0 Å². The van der Waals surface area contributed by atoms with E-state index in [0.717, 1.165) is 35.0 Å². The number of aromatic nitrogens is 1. The number of aliphatic hydroxyl groups excluding tert-OH is 1. The van der Waals surface area contributed by atoms with Crippen LogP contribution in [0.4, 0.5) is 16.2 Å². The molecule has 8 nitrogen and oxygen atoms in total. The first-order chi connectivity index (χ1) is 19.2. The van der Waals surface area contributed by atoms with Gasteiger partial charge in [-0.25, -0.2) is 4.79 Å². The molecule has 3 aromatic carbocycles. The van der Waals surface area contributed by atoms with Crippen LogP contribution in [0.3, 0.4) is 0 Å². The number of likely N-dealkylation sites (tertiary alicyclic amines) is 1. The normalized spacial score (nSPS) is 15.7. The Morgan fingerprint density at radius 3 is 2.48 bits per heavy atom. The van der Waals surface area contributed by atoms with E-state index in [1.165, 1.54) is 0 Å². The summed E-state index contributed by atoms with van der Waals surface area (Å²) in [5.74, 6) is 1.95. The van der Waals surface area contributed by atoms with Crippen LogP contribution in [0.15, 0.2) is 72.9 Å². The number of anilines is 2. The molecule has 5 rings (SSSR count). The smallest absolute Gasteiger partial charge is 0.323 e. The Morgan fingerprint density at radius 2 is 1.75 bits per heavy atom. The number of aliphatic hydroxyl groups is 1. The van der Waals surface area contributed by atoms with Crippen molar-refractivity contribution < 1.29 is 19.4 Å². The zero-order valence-corrected chi connectivity index (χ0v) is 23.4.